The van der Waals surface area contributed by atoms with Crippen molar-refractivity contribution < 1.29 is 14.6 Å². The number of hydrogen-bond donors (Lipinski definition) is 2. The van der Waals surface area contributed by atoms with Crippen molar-refractivity contribution in [3.05, 3.63) is 54.0 Å². The average molecular weight is 190 g/mol. The molecule has 0 spiro atoms. The molecule has 0 saturated heterocycles. The van der Waals surface area contributed by atoms with Gasteiger partial charge in [0.2, 0.25) is 0 Å². The molecule has 0 amide bonds. The number of aliphatic hydroxyl groups excluding tert-OH is 1. The normalized spacial score (nSPS) is 12.6. The Balaban J connectivity index is 2.37. The van der Waals surface area contributed by atoms with Gasteiger partial charge in [-0.25, -0.2) is 0 Å². The second-order valence-electron chi connectivity index (χ2n) is 2.98. The summed E-state index contributed by atoms with van der Waals surface area (Å²) in [7, 11) is 0. The zero-order valence-corrected chi connectivity index (χ0v) is 7.42. The van der Waals surface area contributed by atoms with Crippen molar-refractivity contribution in [3.63, 3.8) is 0 Å². The molecule has 0 radical (unpaired) electrons. The maximum absolute atomic E-state index is 9.81. The van der Waals surface area contributed by atoms with Crippen LogP contribution in [0, 0.1) is 0 Å². The summed E-state index contributed by atoms with van der Waals surface area (Å²) in [5.74, 6) is 0.489. The van der Waals surface area contributed by atoms with E-state index in [2.05, 4.69) is 0 Å². The quantitative estimate of drug-likeness (QED) is 0.762. The summed E-state index contributed by atoms with van der Waals surface area (Å²) in [4.78, 5) is 0. The lowest BCUT2D eigenvalue weighted by molar-refractivity contribution is 0.185. The molecule has 0 aliphatic heterocycles. The van der Waals surface area contributed by atoms with Crippen LogP contribution < -0.4 is 0 Å². The molecule has 1 atom stereocenters. The van der Waals surface area contributed by atoms with E-state index in [0.717, 1.165) is 0 Å². The third kappa shape index (κ3) is 1.49. The average Bonchev–Trinajstić information content (AvgIpc) is 2.70. The van der Waals surface area contributed by atoms with Crippen LogP contribution in [0.1, 0.15) is 17.4 Å². The Kier molecular flexibility index (Phi) is 2.24. The monoisotopic (exact) mass is 190 g/mol. The minimum absolute atomic E-state index is 0.0661. The van der Waals surface area contributed by atoms with Gasteiger partial charge < -0.3 is 14.6 Å². The molecule has 1 heterocycles. The van der Waals surface area contributed by atoms with Gasteiger partial charge >= 0.3 is 0 Å². The lowest BCUT2D eigenvalue weighted by Crippen LogP contribution is -1.97. The van der Waals surface area contributed by atoms with Crippen molar-refractivity contribution in [3.8, 4) is 5.75 Å². The predicted molar refractivity (Wildman–Crippen MR) is 50.9 cm³/mol. The molecule has 0 aliphatic carbocycles. The van der Waals surface area contributed by atoms with Crippen LogP contribution in [0.25, 0.3) is 0 Å². The fourth-order valence-electron chi connectivity index (χ4n) is 1.32. The molecule has 14 heavy (non-hydrogen) atoms. The second-order valence-corrected chi connectivity index (χ2v) is 2.98. The van der Waals surface area contributed by atoms with Crippen LogP contribution in [0.4, 0.5) is 0 Å². The topological polar surface area (TPSA) is 53.6 Å². The van der Waals surface area contributed by atoms with E-state index < -0.39 is 6.10 Å². The zero-order valence-electron chi connectivity index (χ0n) is 7.42. The summed E-state index contributed by atoms with van der Waals surface area (Å²) >= 11 is 0. The van der Waals surface area contributed by atoms with Crippen molar-refractivity contribution >= 4 is 0 Å². The minimum atomic E-state index is -0.911. The second kappa shape index (κ2) is 3.55. The highest BCUT2D eigenvalue weighted by Crippen LogP contribution is 2.28. The third-order valence-electron chi connectivity index (χ3n) is 2.04. The standard InChI is InChI=1S/C11H10O3/c12-9-5-2-1-4-8(9)11(13)10-6-3-7-14-10/h1-7,11-13H. The molecular formula is C11H10O3. The molecule has 0 bridgehead atoms. The van der Waals surface area contributed by atoms with Crippen molar-refractivity contribution in [1.82, 2.24) is 0 Å². The maximum Gasteiger partial charge on any atom is 0.140 e. The van der Waals surface area contributed by atoms with E-state index in [0.29, 0.717) is 11.3 Å². The first-order valence-electron chi connectivity index (χ1n) is 4.28. The number of hydrogen-bond acceptors (Lipinski definition) is 3. The van der Waals surface area contributed by atoms with Gasteiger partial charge in [0.25, 0.3) is 0 Å². The minimum Gasteiger partial charge on any atom is -0.508 e. The van der Waals surface area contributed by atoms with Gasteiger partial charge in [-0.2, -0.15) is 0 Å². The van der Waals surface area contributed by atoms with E-state index in [9.17, 15) is 10.2 Å². The van der Waals surface area contributed by atoms with Crippen molar-refractivity contribution in [2.75, 3.05) is 0 Å². The van der Waals surface area contributed by atoms with Gasteiger partial charge in [-0.3, -0.25) is 0 Å². The molecule has 1 unspecified atom stereocenters. The molecule has 2 rings (SSSR count). The van der Waals surface area contributed by atoms with Crippen LogP contribution in [0.15, 0.2) is 47.1 Å². The summed E-state index contributed by atoms with van der Waals surface area (Å²) in [6.45, 7) is 0. The fraction of sp³-hybridized carbons (Fsp3) is 0.0909. The summed E-state index contributed by atoms with van der Waals surface area (Å²) in [6, 6.07) is 9.99. The first-order valence-corrected chi connectivity index (χ1v) is 4.28. The first kappa shape index (κ1) is 8.84. The van der Waals surface area contributed by atoms with Gasteiger partial charge in [0, 0.05) is 5.56 Å². The number of para-hydroxylation sites is 1. The smallest absolute Gasteiger partial charge is 0.140 e. The molecule has 0 aliphatic rings. The van der Waals surface area contributed by atoms with Crippen LogP contribution in [0.3, 0.4) is 0 Å². The molecule has 1 aromatic carbocycles. The van der Waals surface area contributed by atoms with Crippen LogP contribution >= 0.6 is 0 Å². The van der Waals surface area contributed by atoms with Crippen LogP contribution in [-0.2, 0) is 0 Å². The fourth-order valence-corrected chi connectivity index (χ4v) is 1.32. The largest absolute Gasteiger partial charge is 0.508 e. The van der Waals surface area contributed by atoms with Gasteiger partial charge in [-0.1, -0.05) is 18.2 Å². The molecule has 3 heteroatoms. The zero-order chi connectivity index (χ0) is 9.97. The van der Waals surface area contributed by atoms with Crippen LogP contribution in [0.5, 0.6) is 5.75 Å². The molecule has 72 valence electrons. The summed E-state index contributed by atoms with van der Waals surface area (Å²) < 4.78 is 5.04. The summed E-state index contributed by atoms with van der Waals surface area (Å²) in [5.41, 5.74) is 0.447. The SMILES string of the molecule is Oc1ccccc1C(O)c1ccco1. The Bertz CT molecular complexity index is 406. The van der Waals surface area contributed by atoms with Gasteiger partial charge in [0.05, 0.1) is 6.26 Å². The lowest BCUT2D eigenvalue weighted by Gasteiger charge is -2.09. The Morgan fingerprint density at radius 2 is 1.86 bits per heavy atom. The number of benzene rings is 1. The lowest BCUT2D eigenvalue weighted by atomic mass is 10.1. The van der Waals surface area contributed by atoms with E-state index in [1.165, 1.54) is 12.3 Å². The Morgan fingerprint density at radius 3 is 2.50 bits per heavy atom. The van der Waals surface area contributed by atoms with E-state index in [1.807, 2.05) is 0 Å². The number of phenolic OH excluding ortho intramolecular Hbond substituents is 1. The number of aromatic hydroxyl groups is 1. The third-order valence-corrected chi connectivity index (χ3v) is 2.04. The van der Waals surface area contributed by atoms with Gasteiger partial charge in [-0.15, -0.1) is 0 Å². The predicted octanol–water partition coefficient (Wildman–Crippen LogP) is 2.07. The maximum atomic E-state index is 9.81. The molecular weight excluding hydrogens is 180 g/mol. The first-order chi connectivity index (χ1) is 6.79. The van der Waals surface area contributed by atoms with Gasteiger partial charge in [-0.05, 0) is 18.2 Å². The molecule has 0 saturated carbocycles. The van der Waals surface area contributed by atoms with E-state index in [4.69, 9.17) is 4.42 Å². The van der Waals surface area contributed by atoms with Crippen molar-refractivity contribution in [2.45, 2.75) is 6.10 Å². The molecule has 2 aromatic rings. The number of furan rings is 1. The number of aliphatic hydroxyl groups is 1. The highest BCUT2D eigenvalue weighted by molar-refractivity contribution is 5.36. The van der Waals surface area contributed by atoms with Crippen LogP contribution in [-0.4, -0.2) is 10.2 Å². The highest BCUT2D eigenvalue weighted by atomic mass is 16.4. The van der Waals surface area contributed by atoms with Crippen LogP contribution in [0.2, 0.25) is 0 Å². The van der Waals surface area contributed by atoms with E-state index in [-0.39, 0.29) is 5.75 Å². The molecule has 3 nitrogen and oxygen atoms in total. The Labute approximate surface area is 81.2 Å². The highest BCUT2D eigenvalue weighted by Gasteiger charge is 2.15. The number of phenols is 1. The Morgan fingerprint density at radius 1 is 1.07 bits per heavy atom. The molecule has 0 fully saturated rings. The summed E-state index contributed by atoms with van der Waals surface area (Å²) in [6.07, 6.45) is 0.574. The van der Waals surface area contributed by atoms with Gasteiger partial charge in [0.15, 0.2) is 0 Å². The Hall–Kier alpha value is -1.74. The summed E-state index contributed by atoms with van der Waals surface area (Å²) in [5, 5.41) is 19.3. The van der Waals surface area contributed by atoms with Gasteiger partial charge in [0.1, 0.15) is 17.6 Å². The molecule has 2 N–H and O–H groups in total. The van der Waals surface area contributed by atoms with Crippen molar-refractivity contribution in [2.24, 2.45) is 0 Å². The number of rotatable bonds is 2. The van der Waals surface area contributed by atoms with E-state index in [1.54, 1.807) is 30.3 Å². The molecule has 1 aromatic heterocycles. The van der Waals surface area contributed by atoms with Crippen molar-refractivity contribution in [1.29, 1.82) is 0 Å². The van der Waals surface area contributed by atoms with E-state index >= 15 is 0 Å².